The molecule has 0 heterocycles. The van der Waals surface area contributed by atoms with Crippen LogP contribution in [0.15, 0.2) is 48.5 Å². The van der Waals surface area contributed by atoms with E-state index in [4.69, 9.17) is 0 Å². The molecule has 1 aliphatic carbocycles. The third kappa shape index (κ3) is 5.41. The van der Waals surface area contributed by atoms with E-state index in [-0.39, 0.29) is 11.9 Å². The van der Waals surface area contributed by atoms with Crippen molar-refractivity contribution in [1.29, 1.82) is 0 Å². The number of hydrogen-bond acceptors (Lipinski definition) is 2. The second kappa shape index (κ2) is 9.79. The van der Waals surface area contributed by atoms with Gasteiger partial charge in [0.05, 0.1) is 0 Å². The van der Waals surface area contributed by atoms with Crippen molar-refractivity contribution in [2.24, 2.45) is 0 Å². The second-order valence-electron chi connectivity index (χ2n) is 8.47. The molecular weight excluding hydrogens is 374 g/mol. The zero-order valence-electron chi connectivity index (χ0n) is 18.3. The molecule has 0 bridgehead atoms. The van der Waals surface area contributed by atoms with Gasteiger partial charge in [0, 0.05) is 11.4 Å². The number of carbonyl (C=O) groups excluding carboxylic acids is 2. The maximum Gasteiger partial charge on any atom is 0.320 e. The Kier molecular flexibility index (Phi) is 7.14. The Morgan fingerprint density at radius 1 is 0.900 bits per heavy atom. The Morgan fingerprint density at radius 3 is 2.07 bits per heavy atom. The van der Waals surface area contributed by atoms with Crippen molar-refractivity contribution in [2.45, 2.75) is 70.8 Å². The molecular formula is C25H33N3O2. The van der Waals surface area contributed by atoms with Gasteiger partial charge >= 0.3 is 6.03 Å². The number of amides is 3. The lowest BCUT2D eigenvalue weighted by Crippen LogP contribution is -2.58. The van der Waals surface area contributed by atoms with Crippen molar-refractivity contribution < 1.29 is 9.59 Å². The van der Waals surface area contributed by atoms with E-state index in [1.165, 1.54) is 5.56 Å². The van der Waals surface area contributed by atoms with Crippen LogP contribution in [0.5, 0.6) is 0 Å². The summed E-state index contributed by atoms with van der Waals surface area (Å²) in [5.41, 5.74) is 2.98. The molecule has 0 radical (unpaired) electrons. The summed E-state index contributed by atoms with van der Waals surface area (Å²) in [4.78, 5) is 25.9. The third-order valence-corrected chi connectivity index (χ3v) is 6.15. The number of carbonyl (C=O) groups is 2. The van der Waals surface area contributed by atoms with Crippen LogP contribution in [0.2, 0.25) is 0 Å². The maximum atomic E-state index is 13.2. The average molecular weight is 408 g/mol. The summed E-state index contributed by atoms with van der Waals surface area (Å²) < 4.78 is 0. The van der Waals surface area contributed by atoms with E-state index < -0.39 is 5.54 Å². The minimum atomic E-state index is -0.886. The smallest absolute Gasteiger partial charge is 0.320 e. The summed E-state index contributed by atoms with van der Waals surface area (Å²) in [6, 6.07) is 15.3. The summed E-state index contributed by atoms with van der Waals surface area (Å²) in [6.45, 7) is 6.36. The van der Waals surface area contributed by atoms with Gasteiger partial charge in [-0.2, -0.15) is 0 Å². The van der Waals surface area contributed by atoms with Crippen LogP contribution in [-0.4, -0.2) is 17.5 Å². The van der Waals surface area contributed by atoms with Crippen LogP contribution < -0.4 is 16.0 Å². The topological polar surface area (TPSA) is 70.2 Å². The number of hydrogen-bond donors (Lipinski definition) is 3. The van der Waals surface area contributed by atoms with Crippen LogP contribution in [0.4, 0.5) is 16.2 Å². The molecule has 160 valence electrons. The van der Waals surface area contributed by atoms with Crippen LogP contribution in [0.25, 0.3) is 0 Å². The van der Waals surface area contributed by atoms with E-state index in [2.05, 4.69) is 41.9 Å². The fourth-order valence-corrected chi connectivity index (χ4v) is 3.96. The molecule has 2 aromatic rings. The molecule has 3 rings (SSSR count). The first-order valence-electron chi connectivity index (χ1n) is 11.0. The van der Waals surface area contributed by atoms with Gasteiger partial charge in [0.15, 0.2) is 0 Å². The molecule has 1 aliphatic rings. The molecule has 1 saturated carbocycles. The van der Waals surface area contributed by atoms with Crippen molar-refractivity contribution in [3.05, 3.63) is 59.7 Å². The lowest BCUT2D eigenvalue weighted by molar-refractivity contribution is -0.123. The van der Waals surface area contributed by atoms with E-state index >= 15 is 0 Å². The van der Waals surface area contributed by atoms with Crippen molar-refractivity contribution in [1.82, 2.24) is 5.32 Å². The Morgan fingerprint density at radius 2 is 1.47 bits per heavy atom. The van der Waals surface area contributed by atoms with Gasteiger partial charge in [0.2, 0.25) is 5.91 Å². The highest BCUT2D eigenvalue weighted by molar-refractivity contribution is 6.02. The van der Waals surface area contributed by atoms with Crippen LogP contribution in [0.3, 0.4) is 0 Å². The lowest BCUT2D eigenvalue weighted by Gasteiger charge is -2.36. The monoisotopic (exact) mass is 407 g/mol. The first kappa shape index (κ1) is 21.9. The molecule has 0 spiro atoms. The van der Waals surface area contributed by atoms with E-state index in [0.29, 0.717) is 24.4 Å². The first-order valence-corrected chi connectivity index (χ1v) is 11.0. The highest BCUT2D eigenvalue weighted by Gasteiger charge is 2.41. The van der Waals surface area contributed by atoms with Crippen molar-refractivity contribution in [3.8, 4) is 0 Å². The number of benzene rings is 2. The van der Waals surface area contributed by atoms with Crippen molar-refractivity contribution in [3.63, 3.8) is 0 Å². The van der Waals surface area contributed by atoms with E-state index in [9.17, 15) is 9.59 Å². The first-order chi connectivity index (χ1) is 14.4. The van der Waals surface area contributed by atoms with Gasteiger partial charge in [-0.15, -0.1) is 0 Å². The highest BCUT2D eigenvalue weighted by Crippen LogP contribution is 2.30. The Labute approximate surface area is 179 Å². The molecule has 0 aromatic heterocycles. The molecule has 3 amide bonds. The summed E-state index contributed by atoms with van der Waals surface area (Å²) in [5.74, 6) is 0.351. The van der Waals surface area contributed by atoms with E-state index in [0.717, 1.165) is 36.9 Å². The second-order valence-corrected chi connectivity index (χ2v) is 8.47. The molecule has 0 saturated heterocycles. The number of aryl methyl sites for hydroxylation is 1. The number of anilines is 2. The van der Waals surface area contributed by atoms with Gasteiger partial charge in [-0.25, -0.2) is 4.79 Å². The largest absolute Gasteiger partial charge is 0.324 e. The third-order valence-electron chi connectivity index (χ3n) is 6.15. The zero-order valence-corrected chi connectivity index (χ0v) is 18.3. The van der Waals surface area contributed by atoms with Gasteiger partial charge in [0.1, 0.15) is 5.54 Å². The quantitative estimate of drug-likeness (QED) is 0.552. The fraction of sp³-hybridized carbons (Fsp3) is 0.440. The molecule has 3 N–H and O–H groups in total. The Hall–Kier alpha value is -2.82. The fourth-order valence-electron chi connectivity index (χ4n) is 3.96. The average Bonchev–Trinajstić information content (AvgIpc) is 2.76. The molecule has 0 aliphatic heterocycles. The van der Waals surface area contributed by atoms with Crippen LogP contribution in [0, 0.1) is 6.92 Å². The summed E-state index contributed by atoms with van der Waals surface area (Å²) >= 11 is 0. The molecule has 30 heavy (non-hydrogen) atoms. The van der Waals surface area contributed by atoms with Gasteiger partial charge in [-0.3, -0.25) is 4.79 Å². The van der Waals surface area contributed by atoms with Crippen molar-refractivity contribution >= 4 is 23.3 Å². The minimum absolute atomic E-state index is 0.141. The summed E-state index contributed by atoms with van der Waals surface area (Å²) in [5, 5.41) is 8.88. The summed E-state index contributed by atoms with van der Waals surface area (Å²) in [7, 11) is 0. The maximum absolute atomic E-state index is 13.2. The normalized spacial score (nSPS) is 16.4. The van der Waals surface area contributed by atoms with Gasteiger partial charge < -0.3 is 16.0 Å². The van der Waals surface area contributed by atoms with Gasteiger partial charge in [0.25, 0.3) is 0 Å². The molecule has 5 heteroatoms. The summed E-state index contributed by atoms with van der Waals surface area (Å²) in [6.07, 6.45) is 5.29. The number of nitrogens with one attached hydrogen (secondary N) is 3. The van der Waals surface area contributed by atoms with Crippen LogP contribution in [0.1, 0.15) is 69.4 Å². The molecule has 5 nitrogen and oxygen atoms in total. The standard InChI is InChI=1S/C25H33N3O2/c1-4-19(3)20-10-14-21(15-11-20)26-23(29)25(16-6-5-7-17-25)28-24(30)27-22-12-8-18(2)9-13-22/h8-15,19H,4-7,16-17H2,1-3H3,(H,26,29)(H2,27,28,30). The molecule has 1 fully saturated rings. The predicted molar refractivity (Wildman–Crippen MR) is 123 cm³/mol. The Balaban J connectivity index is 1.69. The molecule has 1 atom stereocenters. The zero-order chi connectivity index (χ0) is 21.6. The molecule has 2 aromatic carbocycles. The van der Waals surface area contributed by atoms with E-state index in [1.54, 1.807) is 0 Å². The highest BCUT2D eigenvalue weighted by atomic mass is 16.2. The SMILES string of the molecule is CCC(C)c1ccc(NC(=O)C2(NC(=O)Nc3ccc(C)cc3)CCCCC2)cc1. The van der Waals surface area contributed by atoms with Gasteiger partial charge in [-0.05, 0) is 61.9 Å². The van der Waals surface area contributed by atoms with Gasteiger partial charge in [-0.1, -0.05) is 62.9 Å². The Bertz CT molecular complexity index is 853. The van der Waals surface area contributed by atoms with Crippen LogP contribution >= 0.6 is 0 Å². The minimum Gasteiger partial charge on any atom is -0.324 e. The lowest BCUT2D eigenvalue weighted by atomic mass is 9.81. The van der Waals surface area contributed by atoms with Crippen molar-refractivity contribution in [2.75, 3.05) is 10.6 Å². The molecule has 1 unspecified atom stereocenters. The van der Waals surface area contributed by atoms with E-state index in [1.807, 2.05) is 43.3 Å². The number of urea groups is 1. The predicted octanol–water partition coefficient (Wildman–Crippen LogP) is 5.97. The van der Waals surface area contributed by atoms with Crippen LogP contribution in [-0.2, 0) is 4.79 Å². The number of rotatable bonds is 6.